The molecule has 0 saturated heterocycles. The number of amides is 2. The van der Waals surface area contributed by atoms with Gasteiger partial charge in [-0.25, -0.2) is 9.59 Å². The van der Waals surface area contributed by atoms with E-state index in [4.69, 9.17) is 4.74 Å². The Morgan fingerprint density at radius 3 is 2.25 bits per heavy atom. The highest BCUT2D eigenvalue weighted by Crippen LogP contribution is 2.33. The van der Waals surface area contributed by atoms with E-state index in [-0.39, 0.29) is 18.1 Å². The van der Waals surface area contributed by atoms with Crippen LogP contribution in [-0.4, -0.2) is 18.6 Å². The minimum atomic E-state index is -0.586. The minimum Gasteiger partial charge on any atom is -0.463 e. The topological polar surface area (TPSA) is 67.4 Å². The molecule has 2 amide bonds. The van der Waals surface area contributed by atoms with Gasteiger partial charge in [0.2, 0.25) is 0 Å². The number of benzene rings is 2. The van der Waals surface area contributed by atoms with Gasteiger partial charge in [0.25, 0.3) is 0 Å². The Hall–Kier alpha value is -3.08. The van der Waals surface area contributed by atoms with Crippen LogP contribution < -0.4 is 10.6 Å². The van der Waals surface area contributed by atoms with Crippen LogP contribution in [0.4, 0.5) is 4.79 Å². The van der Waals surface area contributed by atoms with Crippen LogP contribution in [0.15, 0.2) is 60.2 Å². The van der Waals surface area contributed by atoms with Gasteiger partial charge >= 0.3 is 12.0 Å². The number of ether oxygens (including phenoxy) is 1. The van der Waals surface area contributed by atoms with Gasteiger partial charge in [-0.05, 0) is 29.0 Å². The highest BCUT2D eigenvalue weighted by Gasteiger charge is 2.34. The molecule has 0 spiro atoms. The molecule has 0 aromatic heterocycles. The number of nitrogens with one attached hydrogen (secondary N) is 2. The van der Waals surface area contributed by atoms with Crippen molar-refractivity contribution in [1.82, 2.24) is 10.6 Å². The molecule has 28 heavy (non-hydrogen) atoms. The van der Waals surface area contributed by atoms with Crippen molar-refractivity contribution in [1.29, 1.82) is 0 Å². The maximum atomic E-state index is 12.8. The molecule has 0 aliphatic carbocycles. The molecule has 146 valence electrons. The van der Waals surface area contributed by atoms with E-state index in [0.717, 1.165) is 11.1 Å². The summed E-state index contributed by atoms with van der Waals surface area (Å²) in [6, 6.07) is 16.4. The Kier molecular flexibility index (Phi) is 5.54. The van der Waals surface area contributed by atoms with Gasteiger partial charge in [-0.15, -0.1) is 0 Å². The monoisotopic (exact) mass is 378 g/mol. The first kappa shape index (κ1) is 19.7. The lowest BCUT2D eigenvalue weighted by molar-refractivity contribution is -0.138. The molecule has 0 saturated carbocycles. The lowest BCUT2D eigenvalue weighted by Gasteiger charge is -2.30. The van der Waals surface area contributed by atoms with Crippen LogP contribution in [0.2, 0.25) is 0 Å². The van der Waals surface area contributed by atoms with Crippen molar-refractivity contribution in [3.05, 3.63) is 76.9 Å². The van der Waals surface area contributed by atoms with Crippen molar-refractivity contribution in [3.8, 4) is 0 Å². The Labute approximate surface area is 165 Å². The number of urea groups is 1. The summed E-state index contributed by atoms with van der Waals surface area (Å²) in [5.41, 5.74) is 3.67. The molecule has 2 aromatic rings. The SMILES string of the molecule is CCOC(=O)C1=C(c2ccccc2)NC(=O)NC1c1ccc(C(C)(C)C)cc1. The lowest BCUT2D eigenvalue weighted by Crippen LogP contribution is -2.45. The average Bonchev–Trinajstić information content (AvgIpc) is 2.67. The second kappa shape index (κ2) is 7.89. The molecule has 3 rings (SSSR count). The Morgan fingerprint density at radius 2 is 1.68 bits per heavy atom. The van der Waals surface area contributed by atoms with Crippen LogP contribution in [0.5, 0.6) is 0 Å². The van der Waals surface area contributed by atoms with Crippen LogP contribution in [0.3, 0.4) is 0 Å². The molecule has 1 atom stereocenters. The van der Waals surface area contributed by atoms with Gasteiger partial charge < -0.3 is 15.4 Å². The normalized spacial score (nSPS) is 17.0. The Bertz CT molecular complexity index is 894. The first-order valence-electron chi connectivity index (χ1n) is 9.46. The van der Waals surface area contributed by atoms with Crippen LogP contribution in [0, 0.1) is 0 Å². The zero-order valence-corrected chi connectivity index (χ0v) is 16.7. The van der Waals surface area contributed by atoms with E-state index in [0.29, 0.717) is 11.3 Å². The van der Waals surface area contributed by atoms with Crippen molar-refractivity contribution < 1.29 is 14.3 Å². The first-order chi connectivity index (χ1) is 13.3. The molecule has 1 heterocycles. The summed E-state index contributed by atoms with van der Waals surface area (Å²) < 4.78 is 5.31. The van der Waals surface area contributed by atoms with Crippen LogP contribution in [0.1, 0.15) is 50.4 Å². The summed E-state index contributed by atoms with van der Waals surface area (Å²) in [5, 5.41) is 5.66. The summed E-state index contributed by atoms with van der Waals surface area (Å²) in [6.45, 7) is 8.46. The van der Waals surface area contributed by atoms with Gasteiger partial charge in [-0.1, -0.05) is 75.4 Å². The number of hydrogen-bond acceptors (Lipinski definition) is 3. The van der Waals surface area contributed by atoms with Crippen molar-refractivity contribution in [2.24, 2.45) is 0 Å². The van der Waals surface area contributed by atoms with Crippen molar-refractivity contribution in [3.63, 3.8) is 0 Å². The van der Waals surface area contributed by atoms with E-state index >= 15 is 0 Å². The van der Waals surface area contributed by atoms with E-state index in [2.05, 4.69) is 31.4 Å². The second-order valence-electron chi connectivity index (χ2n) is 7.78. The number of carbonyl (C=O) groups is 2. The van der Waals surface area contributed by atoms with E-state index < -0.39 is 12.0 Å². The molecular weight excluding hydrogens is 352 g/mol. The third kappa shape index (κ3) is 4.09. The summed E-state index contributed by atoms with van der Waals surface area (Å²) in [5.74, 6) is -0.446. The highest BCUT2D eigenvalue weighted by atomic mass is 16.5. The second-order valence-corrected chi connectivity index (χ2v) is 7.78. The summed E-state index contributed by atoms with van der Waals surface area (Å²) in [4.78, 5) is 25.2. The van der Waals surface area contributed by atoms with Gasteiger partial charge in [0.15, 0.2) is 0 Å². The molecule has 5 nitrogen and oxygen atoms in total. The largest absolute Gasteiger partial charge is 0.463 e. The smallest absolute Gasteiger partial charge is 0.338 e. The van der Waals surface area contributed by atoms with Crippen molar-refractivity contribution >= 4 is 17.7 Å². The third-order valence-corrected chi connectivity index (χ3v) is 4.74. The maximum absolute atomic E-state index is 12.8. The zero-order chi connectivity index (χ0) is 20.3. The fourth-order valence-corrected chi connectivity index (χ4v) is 3.25. The standard InChI is InChI=1S/C23H26N2O3/c1-5-28-21(26)18-19(15-9-7-6-8-10-15)24-22(27)25-20(18)16-11-13-17(14-12-16)23(2,3)4/h6-14,20H,5H2,1-4H3,(H2,24,25,27). The number of hydrogen-bond donors (Lipinski definition) is 2. The molecule has 2 aromatic carbocycles. The summed E-state index contributed by atoms with van der Waals surface area (Å²) >= 11 is 0. The zero-order valence-electron chi connectivity index (χ0n) is 16.7. The fourth-order valence-electron chi connectivity index (χ4n) is 3.25. The lowest BCUT2D eigenvalue weighted by atomic mass is 9.85. The predicted molar refractivity (Wildman–Crippen MR) is 110 cm³/mol. The average molecular weight is 378 g/mol. The third-order valence-electron chi connectivity index (χ3n) is 4.74. The minimum absolute atomic E-state index is 0.0188. The quantitative estimate of drug-likeness (QED) is 0.779. The molecular formula is C23H26N2O3. The Morgan fingerprint density at radius 1 is 1.04 bits per heavy atom. The molecule has 1 unspecified atom stereocenters. The van der Waals surface area contributed by atoms with Crippen LogP contribution >= 0.6 is 0 Å². The van der Waals surface area contributed by atoms with Gasteiger partial charge in [-0.2, -0.15) is 0 Å². The van der Waals surface area contributed by atoms with Gasteiger partial charge in [-0.3, -0.25) is 0 Å². The van der Waals surface area contributed by atoms with E-state index in [1.165, 1.54) is 5.56 Å². The summed E-state index contributed by atoms with van der Waals surface area (Å²) in [7, 11) is 0. The number of carbonyl (C=O) groups excluding carboxylic acids is 2. The molecule has 1 aliphatic heterocycles. The van der Waals surface area contributed by atoms with Gasteiger partial charge in [0, 0.05) is 0 Å². The molecule has 0 fully saturated rings. The molecule has 1 aliphatic rings. The number of esters is 1. The highest BCUT2D eigenvalue weighted by molar-refractivity contribution is 6.04. The molecule has 2 N–H and O–H groups in total. The van der Waals surface area contributed by atoms with E-state index in [1.54, 1.807) is 6.92 Å². The van der Waals surface area contributed by atoms with Crippen LogP contribution in [0.25, 0.3) is 5.70 Å². The van der Waals surface area contributed by atoms with E-state index in [1.807, 2.05) is 54.6 Å². The van der Waals surface area contributed by atoms with Crippen molar-refractivity contribution in [2.75, 3.05) is 6.61 Å². The first-order valence-corrected chi connectivity index (χ1v) is 9.46. The molecule has 5 heteroatoms. The van der Waals surface area contributed by atoms with Crippen molar-refractivity contribution in [2.45, 2.75) is 39.2 Å². The number of rotatable bonds is 4. The fraction of sp³-hybridized carbons (Fsp3) is 0.304. The predicted octanol–water partition coefficient (Wildman–Crippen LogP) is 4.31. The molecule has 0 bridgehead atoms. The van der Waals surface area contributed by atoms with Crippen LogP contribution in [-0.2, 0) is 14.9 Å². The Balaban J connectivity index is 2.12. The van der Waals surface area contributed by atoms with Gasteiger partial charge in [0.05, 0.1) is 23.9 Å². The summed E-state index contributed by atoms with van der Waals surface area (Å²) in [6.07, 6.45) is 0. The van der Waals surface area contributed by atoms with Gasteiger partial charge in [0.1, 0.15) is 0 Å². The molecule has 0 radical (unpaired) electrons. The van der Waals surface area contributed by atoms with E-state index in [9.17, 15) is 9.59 Å². The maximum Gasteiger partial charge on any atom is 0.338 e.